The first-order chi connectivity index (χ1) is 10.4. The lowest BCUT2D eigenvalue weighted by atomic mass is 9.87. The fourth-order valence-electron chi connectivity index (χ4n) is 1.93. The fourth-order valence-corrected chi connectivity index (χ4v) is 1.93. The van der Waals surface area contributed by atoms with Gasteiger partial charge in [0.1, 0.15) is 5.82 Å². The van der Waals surface area contributed by atoms with Gasteiger partial charge in [0.05, 0.1) is 6.21 Å². The Morgan fingerprint density at radius 2 is 1.73 bits per heavy atom. The van der Waals surface area contributed by atoms with E-state index in [1.807, 2.05) is 12.1 Å². The van der Waals surface area contributed by atoms with Gasteiger partial charge in [-0.1, -0.05) is 51.1 Å². The molecule has 114 valence electrons. The topological polar surface area (TPSA) is 41.5 Å². The number of nitrogens with zero attached hydrogens (tertiary/aromatic N) is 1. The number of carbonyl (C=O) groups is 1. The maximum Gasteiger partial charge on any atom is 0.271 e. The van der Waals surface area contributed by atoms with Gasteiger partial charge >= 0.3 is 0 Å². The summed E-state index contributed by atoms with van der Waals surface area (Å²) in [5.74, 6) is -0.705. The fraction of sp³-hybridized carbons (Fsp3) is 0.222. The van der Waals surface area contributed by atoms with Crippen LogP contribution in [0.25, 0.3) is 0 Å². The second-order valence-electron chi connectivity index (χ2n) is 6.05. The highest BCUT2D eigenvalue weighted by molar-refractivity contribution is 5.94. The molecule has 0 atom stereocenters. The molecule has 22 heavy (non-hydrogen) atoms. The third-order valence-electron chi connectivity index (χ3n) is 3.29. The van der Waals surface area contributed by atoms with Crippen LogP contribution >= 0.6 is 0 Å². The summed E-state index contributed by atoms with van der Waals surface area (Å²) in [5, 5.41) is 3.79. The number of halogens is 1. The van der Waals surface area contributed by atoms with E-state index in [0.717, 1.165) is 5.56 Å². The predicted octanol–water partition coefficient (Wildman–Crippen LogP) is 3.89. The molecule has 1 amide bonds. The number of amides is 1. The summed E-state index contributed by atoms with van der Waals surface area (Å²) < 4.78 is 13.4. The molecule has 0 saturated carbocycles. The highest BCUT2D eigenvalue weighted by Crippen LogP contribution is 2.22. The predicted molar refractivity (Wildman–Crippen MR) is 86.6 cm³/mol. The lowest BCUT2D eigenvalue weighted by molar-refractivity contribution is 0.0955. The second kappa shape index (κ2) is 6.52. The van der Waals surface area contributed by atoms with E-state index in [0.29, 0.717) is 11.1 Å². The molecule has 1 N–H and O–H groups in total. The summed E-state index contributed by atoms with van der Waals surface area (Å²) >= 11 is 0. The van der Waals surface area contributed by atoms with Crippen molar-refractivity contribution in [2.75, 3.05) is 0 Å². The molecular formula is C18H19FN2O. The zero-order valence-electron chi connectivity index (χ0n) is 12.9. The van der Waals surface area contributed by atoms with Crippen LogP contribution in [0.2, 0.25) is 0 Å². The number of hydrazone groups is 1. The van der Waals surface area contributed by atoms with E-state index in [9.17, 15) is 9.18 Å². The Balaban J connectivity index is 2.02. The Morgan fingerprint density at radius 1 is 1.09 bits per heavy atom. The van der Waals surface area contributed by atoms with Gasteiger partial charge in [0, 0.05) is 11.1 Å². The molecule has 0 bridgehead atoms. The van der Waals surface area contributed by atoms with Crippen molar-refractivity contribution in [1.29, 1.82) is 0 Å². The van der Waals surface area contributed by atoms with Crippen molar-refractivity contribution >= 4 is 12.1 Å². The summed E-state index contributed by atoms with van der Waals surface area (Å²) in [7, 11) is 0. The summed E-state index contributed by atoms with van der Waals surface area (Å²) in [4.78, 5) is 12.0. The molecule has 2 aromatic rings. The normalized spacial score (nSPS) is 11.6. The quantitative estimate of drug-likeness (QED) is 0.678. The monoisotopic (exact) mass is 298 g/mol. The molecule has 0 radical (unpaired) electrons. The van der Waals surface area contributed by atoms with Crippen molar-refractivity contribution in [1.82, 2.24) is 5.43 Å². The number of benzene rings is 2. The van der Waals surface area contributed by atoms with Gasteiger partial charge in [-0.05, 0) is 29.2 Å². The maximum atomic E-state index is 13.4. The molecule has 0 fully saturated rings. The van der Waals surface area contributed by atoms with Gasteiger partial charge in [-0.3, -0.25) is 4.79 Å². The first-order valence-electron chi connectivity index (χ1n) is 7.06. The van der Waals surface area contributed by atoms with E-state index < -0.39 is 0 Å². The van der Waals surface area contributed by atoms with Crippen LogP contribution in [-0.2, 0) is 5.41 Å². The number of rotatable bonds is 3. The standard InChI is InChI=1S/C18H19FN2O/c1-18(2,3)15-10-8-13(9-11-15)17(22)21-20-12-14-6-4-5-7-16(14)19/h4-12H,1-3H3,(H,21,22)/b20-12+. The van der Waals surface area contributed by atoms with Crippen LogP contribution in [-0.4, -0.2) is 12.1 Å². The summed E-state index contributed by atoms with van der Waals surface area (Å²) in [5.41, 5.74) is 4.43. The Kier molecular flexibility index (Phi) is 4.71. The minimum absolute atomic E-state index is 0.0397. The summed E-state index contributed by atoms with van der Waals surface area (Å²) in [6.07, 6.45) is 1.29. The van der Waals surface area contributed by atoms with Crippen LogP contribution in [0.1, 0.15) is 42.3 Å². The van der Waals surface area contributed by atoms with Gasteiger partial charge in [0.25, 0.3) is 5.91 Å². The molecule has 4 heteroatoms. The molecule has 2 aromatic carbocycles. The van der Waals surface area contributed by atoms with Crippen molar-refractivity contribution in [2.24, 2.45) is 5.10 Å². The molecule has 3 nitrogen and oxygen atoms in total. The highest BCUT2D eigenvalue weighted by atomic mass is 19.1. The molecule has 0 heterocycles. The Bertz CT molecular complexity index is 685. The third-order valence-corrected chi connectivity index (χ3v) is 3.29. The van der Waals surface area contributed by atoms with E-state index in [1.54, 1.807) is 30.3 Å². The molecule has 0 saturated heterocycles. The van der Waals surface area contributed by atoms with Crippen molar-refractivity contribution in [3.05, 3.63) is 71.0 Å². The van der Waals surface area contributed by atoms with Crippen LogP contribution < -0.4 is 5.43 Å². The minimum Gasteiger partial charge on any atom is -0.267 e. The zero-order chi connectivity index (χ0) is 16.2. The van der Waals surface area contributed by atoms with Gasteiger partial charge in [-0.2, -0.15) is 5.10 Å². The average Bonchev–Trinajstić information content (AvgIpc) is 2.48. The number of carbonyl (C=O) groups excluding carboxylic acids is 1. The van der Waals surface area contributed by atoms with Crippen molar-refractivity contribution in [2.45, 2.75) is 26.2 Å². The number of nitrogens with one attached hydrogen (secondary N) is 1. The van der Waals surface area contributed by atoms with E-state index in [4.69, 9.17) is 0 Å². The van der Waals surface area contributed by atoms with Crippen molar-refractivity contribution < 1.29 is 9.18 Å². The first-order valence-corrected chi connectivity index (χ1v) is 7.06. The molecule has 0 aliphatic heterocycles. The molecule has 2 rings (SSSR count). The SMILES string of the molecule is CC(C)(C)c1ccc(C(=O)N/N=C/c2ccccc2F)cc1. The lowest BCUT2D eigenvalue weighted by Crippen LogP contribution is -2.18. The molecule has 0 aromatic heterocycles. The van der Waals surface area contributed by atoms with Gasteiger partial charge < -0.3 is 0 Å². The van der Waals surface area contributed by atoms with Crippen LogP contribution in [0.15, 0.2) is 53.6 Å². The van der Waals surface area contributed by atoms with Crippen LogP contribution in [0, 0.1) is 5.82 Å². The summed E-state index contributed by atoms with van der Waals surface area (Å²) in [6, 6.07) is 13.6. The van der Waals surface area contributed by atoms with Gasteiger partial charge in [0.2, 0.25) is 0 Å². The van der Waals surface area contributed by atoms with Gasteiger partial charge in [-0.25, -0.2) is 9.82 Å². The van der Waals surface area contributed by atoms with Crippen LogP contribution in [0.4, 0.5) is 4.39 Å². The second-order valence-corrected chi connectivity index (χ2v) is 6.05. The average molecular weight is 298 g/mol. The lowest BCUT2D eigenvalue weighted by Gasteiger charge is -2.18. The van der Waals surface area contributed by atoms with Crippen molar-refractivity contribution in [3.63, 3.8) is 0 Å². The van der Waals surface area contributed by atoms with Gasteiger partial charge in [0.15, 0.2) is 0 Å². The molecule has 0 spiro atoms. The van der Waals surface area contributed by atoms with Gasteiger partial charge in [-0.15, -0.1) is 0 Å². The van der Waals surface area contributed by atoms with E-state index in [-0.39, 0.29) is 17.1 Å². The number of hydrogen-bond donors (Lipinski definition) is 1. The van der Waals surface area contributed by atoms with Crippen LogP contribution in [0.3, 0.4) is 0 Å². The number of hydrogen-bond acceptors (Lipinski definition) is 2. The minimum atomic E-state index is -0.380. The Morgan fingerprint density at radius 3 is 2.32 bits per heavy atom. The van der Waals surface area contributed by atoms with E-state index >= 15 is 0 Å². The van der Waals surface area contributed by atoms with Crippen molar-refractivity contribution in [3.8, 4) is 0 Å². The van der Waals surface area contributed by atoms with Crippen LogP contribution in [0.5, 0.6) is 0 Å². The zero-order valence-corrected chi connectivity index (χ0v) is 12.9. The highest BCUT2D eigenvalue weighted by Gasteiger charge is 2.14. The molecule has 0 aliphatic rings. The summed E-state index contributed by atoms with van der Waals surface area (Å²) in [6.45, 7) is 6.34. The third kappa shape index (κ3) is 4.01. The largest absolute Gasteiger partial charge is 0.271 e. The van der Waals surface area contributed by atoms with E-state index in [1.165, 1.54) is 12.3 Å². The van der Waals surface area contributed by atoms with E-state index in [2.05, 4.69) is 31.3 Å². The Hall–Kier alpha value is -2.49. The molecular weight excluding hydrogens is 279 g/mol. The Labute approximate surface area is 129 Å². The molecule has 0 unspecified atom stereocenters. The molecule has 0 aliphatic carbocycles. The smallest absolute Gasteiger partial charge is 0.267 e. The first kappa shape index (κ1) is 15.9. The maximum absolute atomic E-state index is 13.4.